The number of hydrogen-bond acceptors (Lipinski definition) is 6. The summed E-state index contributed by atoms with van der Waals surface area (Å²) in [6.45, 7) is 9.52. The number of anilines is 1. The summed E-state index contributed by atoms with van der Waals surface area (Å²) in [6.07, 6.45) is 0. The Kier molecular flexibility index (Phi) is 7.30. The molecule has 9 heteroatoms. The van der Waals surface area contributed by atoms with E-state index in [1.54, 1.807) is 4.90 Å². The number of tetrazole rings is 1. The van der Waals surface area contributed by atoms with Crippen LogP contribution in [0.3, 0.4) is 0 Å². The Labute approximate surface area is 215 Å². The van der Waals surface area contributed by atoms with Gasteiger partial charge in [0.2, 0.25) is 11.7 Å². The fraction of sp³-hybridized carbons (Fsp3) is 0.296. The summed E-state index contributed by atoms with van der Waals surface area (Å²) >= 11 is 1.44. The molecule has 2 aromatic carbocycles. The second-order valence-corrected chi connectivity index (χ2v) is 10.7. The first-order valence-electron chi connectivity index (χ1n) is 11.7. The van der Waals surface area contributed by atoms with Crippen LogP contribution in [-0.4, -0.2) is 37.6 Å². The van der Waals surface area contributed by atoms with E-state index in [0.717, 1.165) is 21.6 Å². The summed E-state index contributed by atoms with van der Waals surface area (Å²) in [7, 11) is 0. The van der Waals surface area contributed by atoms with Gasteiger partial charge in [0.15, 0.2) is 0 Å². The van der Waals surface area contributed by atoms with Gasteiger partial charge in [-0.2, -0.15) is 4.80 Å². The quantitative estimate of drug-likeness (QED) is 0.395. The zero-order valence-electron chi connectivity index (χ0n) is 21.1. The van der Waals surface area contributed by atoms with E-state index in [9.17, 15) is 9.59 Å². The molecule has 0 saturated heterocycles. The molecule has 0 unspecified atom stereocenters. The molecule has 2 aromatic heterocycles. The van der Waals surface area contributed by atoms with E-state index in [1.807, 2.05) is 101 Å². The molecular formula is C27H30N6O2S. The topological polar surface area (TPSA) is 93.0 Å². The monoisotopic (exact) mass is 502 g/mol. The summed E-state index contributed by atoms with van der Waals surface area (Å²) in [5, 5.41) is 17.6. The van der Waals surface area contributed by atoms with Crippen molar-refractivity contribution < 1.29 is 9.59 Å². The number of aromatic nitrogens is 4. The predicted molar refractivity (Wildman–Crippen MR) is 142 cm³/mol. The first-order chi connectivity index (χ1) is 17.1. The van der Waals surface area contributed by atoms with Crippen molar-refractivity contribution in [3.8, 4) is 11.4 Å². The fourth-order valence-electron chi connectivity index (χ4n) is 3.84. The number of carbonyl (C=O) groups excluding carboxylic acids is 2. The normalized spacial score (nSPS) is 12.2. The number of thiophene rings is 1. The summed E-state index contributed by atoms with van der Waals surface area (Å²) in [5.74, 6) is -0.140. The molecule has 4 rings (SSSR count). The zero-order valence-corrected chi connectivity index (χ0v) is 21.9. The number of benzene rings is 2. The molecule has 0 spiro atoms. The molecular weight excluding hydrogens is 472 g/mol. The Balaban J connectivity index is 1.71. The van der Waals surface area contributed by atoms with Crippen molar-refractivity contribution in [2.45, 2.75) is 52.7 Å². The lowest BCUT2D eigenvalue weighted by atomic mass is 10.0. The third-order valence-corrected chi connectivity index (χ3v) is 6.43. The summed E-state index contributed by atoms with van der Waals surface area (Å²) in [5.41, 5.74) is 3.01. The standard InChI is InChI=1S/C27H30N6O2S/c1-18-12-14-20(15-13-18)25-29-31-32(30-25)17-23(34)33(21-10-7-6-9-19(21)2)24(22-11-8-16-36-22)26(35)28-27(3,4)5/h6-16,24H,17H2,1-5H3,(H,28,35)/t24-/m0/s1. The van der Waals surface area contributed by atoms with Gasteiger partial charge in [0.25, 0.3) is 5.91 Å². The van der Waals surface area contributed by atoms with Crippen molar-refractivity contribution in [2.24, 2.45) is 0 Å². The highest BCUT2D eigenvalue weighted by atomic mass is 32.1. The molecule has 1 N–H and O–H groups in total. The van der Waals surface area contributed by atoms with Crippen molar-refractivity contribution in [2.75, 3.05) is 4.90 Å². The summed E-state index contributed by atoms with van der Waals surface area (Å²) in [4.78, 5) is 31.1. The van der Waals surface area contributed by atoms with Crippen molar-refractivity contribution in [1.82, 2.24) is 25.5 Å². The SMILES string of the molecule is Cc1ccc(-c2nnn(CC(=O)N(c3ccccc3C)[C@H](C(=O)NC(C)(C)C)c3cccs3)n2)cc1. The van der Waals surface area contributed by atoms with Crippen molar-refractivity contribution >= 4 is 28.8 Å². The van der Waals surface area contributed by atoms with Gasteiger partial charge in [-0.15, -0.1) is 21.5 Å². The lowest BCUT2D eigenvalue weighted by Crippen LogP contribution is -2.50. The van der Waals surface area contributed by atoms with Crippen LogP contribution in [0.4, 0.5) is 5.69 Å². The minimum Gasteiger partial charge on any atom is -0.349 e. The number of amides is 2. The smallest absolute Gasteiger partial charge is 0.251 e. The van der Waals surface area contributed by atoms with Crippen LogP contribution < -0.4 is 10.2 Å². The second kappa shape index (κ2) is 10.4. The number of nitrogens with zero attached hydrogens (tertiary/aromatic N) is 5. The van der Waals surface area contributed by atoms with E-state index in [4.69, 9.17) is 0 Å². The molecule has 0 aliphatic heterocycles. The highest BCUT2D eigenvalue weighted by Crippen LogP contribution is 2.33. The van der Waals surface area contributed by atoms with Crippen molar-refractivity contribution in [3.05, 3.63) is 82.0 Å². The van der Waals surface area contributed by atoms with Crippen LogP contribution in [0.25, 0.3) is 11.4 Å². The number of rotatable bonds is 7. The van der Waals surface area contributed by atoms with E-state index in [1.165, 1.54) is 16.1 Å². The van der Waals surface area contributed by atoms with Crippen LogP contribution in [0, 0.1) is 13.8 Å². The van der Waals surface area contributed by atoms with Gasteiger partial charge in [-0.25, -0.2) is 0 Å². The van der Waals surface area contributed by atoms with Crippen LogP contribution in [0.1, 0.15) is 42.8 Å². The molecule has 8 nitrogen and oxygen atoms in total. The van der Waals surface area contributed by atoms with Crippen LogP contribution in [0.15, 0.2) is 66.0 Å². The van der Waals surface area contributed by atoms with E-state index >= 15 is 0 Å². The number of para-hydroxylation sites is 1. The number of carbonyl (C=O) groups is 2. The van der Waals surface area contributed by atoms with Gasteiger partial charge >= 0.3 is 0 Å². The summed E-state index contributed by atoms with van der Waals surface area (Å²) < 4.78 is 0. The molecule has 0 aliphatic rings. The predicted octanol–water partition coefficient (Wildman–Crippen LogP) is 4.71. The molecule has 36 heavy (non-hydrogen) atoms. The molecule has 186 valence electrons. The van der Waals surface area contributed by atoms with Crippen LogP contribution in [0.5, 0.6) is 0 Å². The van der Waals surface area contributed by atoms with Gasteiger partial charge in [0.05, 0.1) is 0 Å². The maximum atomic E-state index is 13.9. The molecule has 2 amide bonds. The molecule has 0 bridgehead atoms. The fourth-order valence-corrected chi connectivity index (χ4v) is 4.65. The molecule has 0 aliphatic carbocycles. The Hall–Kier alpha value is -3.85. The van der Waals surface area contributed by atoms with Crippen LogP contribution in [0.2, 0.25) is 0 Å². The van der Waals surface area contributed by atoms with E-state index in [-0.39, 0.29) is 18.4 Å². The highest BCUT2D eigenvalue weighted by Gasteiger charge is 2.36. The van der Waals surface area contributed by atoms with E-state index < -0.39 is 11.6 Å². The molecule has 0 radical (unpaired) electrons. The lowest BCUT2D eigenvalue weighted by molar-refractivity contribution is -0.128. The first kappa shape index (κ1) is 25.2. The summed E-state index contributed by atoms with van der Waals surface area (Å²) in [6, 6.07) is 18.2. The van der Waals surface area contributed by atoms with Gasteiger partial charge in [-0.05, 0) is 62.9 Å². The lowest BCUT2D eigenvalue weighted by Gasteiger charge is -2.33. The van der Waals surface area contributed by atoms with Crippen LogP contribution >= 0.6 is 11.3 Å². The minimum atomic E-state index is -0.849. The first-order valence-corrected chi connectivity index (χ1v) is 12.6. The molecule has 0 fully saturated rings. The van der Waals surface area contributed by atoms with E-state index in [0.29, 0.717) is 11.5 Å². The van der Waals surface area contributed by atoms with Gasteiger partial charge in [-0.1, -0.05) is 54.1 Å². The third kappa shape index (κ3) is 5.85. The largest absolute Gasteiger partial charge is 0.349 e. The van der Waals surface area contributed by atoms with Gasteiger partial charge in [0.1, 0.15) is 12.6 Å². The Morgan fingerprint density at radius 2 is 1.75 bits per heavy atom. The Morgan fingerprint density at radius 1 is 1.03 bits per heavy atom. The van der Waals surface area contributed by atoms with Gasteiger partial charge in [0, 0.05) is 21.7 Å². The number of hydrogen-bond donors (Lipinski definition) is 1. The highest BCUT2D eigenvalue weighted by molar-refractivity contribution is 7.10. The minimum absolute atomic E-state index is 0.169. The van der Waals surface area contributed by atoms with E-state index in [2.05, 4.69) is 20.7 Å². The van der Waals surface area contributed by atoms with Crippen LogP contribution in [-0.2, 0) is 16.1 Å². The van der Waals surface area contributed by atoms with Crippen molar-refractivity contribution in [3.63, 3.8) is 0 Å². The zero-order chi connectivity index (χ0) is 25.9. The van der Waals surface area contributed by atoms with Gasteiger partial charge in [-0.3, -0.25) is 14.5 Å². The molecule has 1 atom stereocenters. The number of nitrogens with one attached hydrogen (secondary N) is 1. The maximum absolute atomic E-state index is 13.9. The third-order valence-electron chi connectivity index (χ3n) is 5.50. The maximum Gasteiger partial charge on any atom is 0.251 e. The average Bonchev–Trinajstić information content (AvgIpc) is 3.50. The molecule has 4 aromatic rings. The van der Waals surface area contributed by atoms with Gasteiger partial charge < -0.3 is 5.32 Å². The average molecular weight is 503 g/mol. The van der Waals surface area contributed by atoms with Crippen molar-refractivity contribution in [1.29, 1.82) is 0 Å². The molecule has 0 saturated carbocycles. The Bertz CT molecular complexity index is 1340. The molecule has 2 heterocycles. The Morgan fingerprint density at radius 3 is 2.39 bits per heavy atom. The number of aryl methyl sites for hydroxylation is 2. The second-order valence-electron chi connectivity index (χ2n) is 9.72.